The van der Waals surface area contributed by atoms with Gasteiger partial charge in [-0.05, 0) is 0 Å². The van der Waals surface area contributed by atoms with Crippen LogP contribution in [0.25, 0.3) is 0 Å². The fraction of sp³-hybridized carbons (Fsp3) is 0. The first-order chi connectivity index (χ1) is 7.90. The zero-order valence-electron chi connectivity index (χ0n) is 8.41. The van der Waals surface area contributed by atoms with E-state index in [0.29, 0.717) is 0 Å². The molecule has 16 heavy (non-hydrogen) atoms. The van der Waals surface area contributed by atoms with Crippen LogP contribution in [0.1, 0.15) is 5.56 Å². The van der Waals surface area contributed by atoms with Gasteiger partial charge in [0, 0.05) is 0 Å². The van der Waals surface area contributed by atoms with Gasteiger partial charge in [-0.2, -0.15) is 0 Å². The first-order valence-corrected chi connectivity index (χ1v) is 8.83. The summed E-state index contributed by atoms with van der Waals surface area (Å²) in [6, 6.07) is 18.7. The minimum atomic E-state index is -0.171. The van der Waals surface area contributed by atoms with Crippen molar-refractivity contribution in [2.75, 3.05) is 0 Å². The molecule has 2 rings (SSSR count). The van der Waals surface area contributed by atoms with E-state index in [1.807, 2.05) is 12.1 Å². The van der Waals surface area contributed by atoms with Gasteiger partial charge in [0.2, 0.25) is 0 Å². The molecule has 2 aromatic rings. The second-order valence-corrected chi connectivity index (χ2v) is 6.04. The Bertz CT molecular complexity index is 482. The molecule has 0 amide bonds. The van der Waals surface area contributed by atoms with Gasteiger partial charge in [-0.25, -0.2) is 0 Å². The Morgan fingerprint density at radius 2 is 1.62 bits per heavy atom. The molecule has 0 aromatic heterocycles. The second-order valence-electron chi connectivity index (χ2n) is 3.13. The van der Waals surface area contributed by atoms with Gasteiger partial charge in [0.15, 0.2) is 0 Å². The molecule has 0 saturated carbocycles. The summed E-state index contributed by atoms with van der Waals surface area (Å²) in [5, 5.41) is 0. The van der Waals surface area contributed by atoms with Gasteiger partial charge in [-0.15, -0.1) is 0 Å². The summed E-state index contributed by atoms with van der Waals surface area (Å²) in [5.41, 5.74) is 1.24. The molecule has 0 N–H and O–H groups in total. The average Bonchev–Trinajstić information content (AvgIpc) is 2.33. The maximum absolute atomic E-state index is 5.84. The number of rotatable bonds is 3. The molecular weight excluding hydrogens is 325 g/mol. The molecule has 0 atom stereocenters. The quantitative estimate of drug-likeness (QED) is 0.757. The third kappa shape index (κ3) is 3.28. The van der Waals surface area contributed by atoms with E-state index in [0.717, 1.165) is 0 Å². The van der Waals surface area contributed by atoms with Crippen molar-refractivity contribution in [1.29, 1.82) is 0 Å². The van der Waals surface area contributed by atoms with E-state index in [-0.39, 0.29) is 15.7 Å². The van der Waals surface area contributed by atoms with E-state index in [9.17, 15) is 0 Å². The monoisotopic (exact) mass is 335 g/mol. The molecule has 0 fully saturated rings. The van der Waals surface area contributed by atoms with Crippen LogP contribution < -0.4 is 0 Å². The van der Waals surface area contributed by atoms with Crippen molar-refractivity contribution < 1.29 is 15.7 Å². The van der Waals surface area contributed by atoms with Gasteiger partial charge in [-0.1, -0.05) is 0 Å². The van der Waals surface area contributed by atoms with E-state index in [4.69, 9.17) is 9.69 Å². The Morgan fingerprint density at radius 3 is 2.38 bits per heavy atom. The number of hydrogen-bond donors (Lipinski definition) is 0. The van der Waals surface area contributed by atoms with Crippen LogP contribution in [0.2, 0.25) is 0 Å². The van der Waals surface area contributed by atoms with Gasteiger partial charge in [-0.3, -0.25) is 0 Å². The van der Waals surface area contributed by atoms with Gasteiger partial charge >= 0.3 is 112 Å². The predicted molar refractivity (Wildman–Crippen MR) is 68.0 cm³/mol. The molecule has 0 aliphatic carbocycles. The Kier molecular flexibility index (Phi) is 4.77. The molecule has 0 nitrogen and oxygen atoms in total. The molecular formula is C13H10ClRuS. The summed E-state index contributed by atoms with van der Waals surface area (Å²) >= 11 is 1.61. The van der Waals surface area contributed by atoms with Gasteiger partial charge in [0.05, 0.1) is 0 Å². The molecule has 0 spiro atoms. The van der Waals surface area contributed by atoms with Gasteiger partial charge in [0.25, 0.3) is 0 Å². The predicted octanol–water partition coefficient (Wildman–Crippen LogP) is 4.22. The summed E-state index contributed by atoms with van der Waals surface area (Å²) in [5.74, 6) is 0. The maximum atomic E-state index is 5.84. The summed E-state index contributed by atoms with van der Waals surface area (Å²) in [4.78, 5) is 2.53. The summed E-state index contributed by atoms with van der Waals surface area (Å²) in [7, 11) is 5.84. The molecule has 3 heteroatoms. The van der Waals surface area contributed by atoms with Crippen LogP contribution in [-0.2, 0) is 15.7 Å². The fourth-order valence-electron chi connectivity index (χ4n) is 1.31. The first-order valence-electron chi connectivity index (χ1n) is 4.77. The number of hydrogen-bond acceptors (Lipinski definition) is 1. The van der Waals surface area contributed by atoms with Crippen LogP contribution in [0, 0.1) is 0 Å². The molecule has 0 aliphatic heterocycles. The average molecular weight is 335 g/mol. The Hall–Kier alpha value is -0.427. The summed E-state index contributed by atoms with van der Waals surface area (Å²) < 4.78 is 2.12. The van der Waals surface area contributed by atoms with E-state index in [2.05, 4.69) is 47.1 Å². The van der Waals surface area contributed by atoms with Crippen LogP contribution >= 0.6 is 21.5 Å². The van der Waals surface area contributed by atoms with Crippen molar-refractivity contribution in [1.82, 2.24) is 0 Å². The molecule has 0 heterocycles. The summed E-state index contributed by atoms with van der Waals surface area (Å²) in [6.45, 7) is 0. The van der Waals surface area contributed by atoms with Crippen molar-refractivity contribution in [2.45, 2.75) is 9.79 Å². The molecule has 83 valence electrons. The third-order valence-electron chi connectivity index (χ3n) is 2.04. The van der Waals surface area contributed by atoms with Crippen LogP contribution in [0.4, 0.5) is 0 Å². The molecule has 0 aliphatic rings. The molecule has 0 unspecified atom stereocenters. The van der Waals surface area contributed by atoms with Gasteiger partial charge in [0.1, 0.15) is 0 Å². The van der Waals surface area contributed by atoms with Crippen molar-refractivity contribution in [3.05, 3.63) is 60.2 Å². The van der Waals surface area contributed by atoms with Crippen molar-refractivity contribution in [3.63, 3.8) is 0 Å². The van der Waals surface area contributed by atoms with Crippen LogP contribution in [0.5, 0.6) is 0 Å². The topological polar surface area (TPSA) is 0 Å². The van der Waals surface area contributed by atoms with Crippen LogP contribution in [-0.4, -0.2) is 4.61 Å². The molecule has 0 saturated heterocycles. The molecule has 0 bridgehead atoms. The second kappa shape index (κ2) is 6.34. The molecule has 0 radical (unpaired) electrons. The van der Waals surface area contributed by atoms with Crippen molar-refractivity contribution >= 4 is 26.1 Å². The van der Waals surface area contributed by atoms with E-state index in [1.165, 1.54) is 15.4 Å². The number of benzene rings is 2. The van der Waals surface area contributed by atoms with E-state index >= 15 is 0 Å². The van der Waals surface area contributed by atoms with E-state index in [1.54, 1.807) is 11.8 Å². The third-order valence-corrected chi connectivity index (χ3v) is 4.32. The van der Waals surface area contributed by atoms with Crippen molar-refractivity contribution in [3.8, 4) is 0 Å². The SMILES string of the molecule is [Cl][Ru]=[CH]c1ccccc1Sc1ccccc1. The van der Waals surface area contributed by atoms with Gasteiger partial charge < -0.3 is 0 Å². The first kappa shape index (κ1) is 12.0. The van der Waals surface area contributed by atoms with E-state index < -0.39 is 0 Å². The Morgan fingerprint density at radius 1 is 0.938 bits per heavy atom. The normalized spacial score (nSPS) is 11.3. The standard InChI is InChI=1S/C13H10S.ClH.Ru/c1-11-7-5-6-10-13(11)14-12-8-3-2-4-9-12;;/h1-10H;1H;/q;;+1/p-1. The zero-order chi connectivity index (χ0) is 11.2. The van der Waals surface area contributed by atoms with Crippen LogP contribution in [0.3, 0.4) is 0 Å². The Labute approximate surface area is 111 Å². The zero-order valence-corrected chi connectivity index (χ0v) is 11.7. The Balaban J connectivity index is 2.28. The van der Waals surface area contributed by atoms with Crippen LogP contribution in [0.15, 0.2) is 64.4 Å². The minimum absolute atomic E-state index is 0.171. The molecule has 2 aromatic carbocycles. The van der Waals surface area contributed by atoms with Crippen molar-refractivity contribution in [2.24, 2.45) is 0 Å². The summed E-state index contributed by atoms with van der Waals surface area (Å²) in [6.07, 6.45) is 0. The fourth-order valence-corrected chi connectivity index (χ4v) is 3.55. The number of halogens is 1.